The molecule has 1 aliphatic rings. The molecule has 10 heteroatoms. The highest BCUT2D eigenvalue weighted by molar-refractivity contribution is 5.84. The number of aromatic nitrogens is 5. The lowest BCUT2D eigenvalue weighted by Crippen LogP contribution is -2.36. The quantitative estimate of drug-likeness (QED) is 0.502. The van der Waals surface area contributed by atoms with E-state index in [0.29, 0.717) is 29.7 Å². The summed E-state index contributed by atoms with van der Waals surface area (Å²) in [4.78, 5) is 12.6. The van der Waals surface area contributed by atoms with Gasteiger partial charge in [-0.05, 0) is 37.0 Å². The van der Waals surface area contributed by atoms with Gasteiger partial charge in [-0.3, -0.25) is 4.98 Å². The topological polar surface area (TPSA) is 103 Å². The average Bonchev–Trinajstić information content (AvgIpc) is 3.19. The molecule has 1 aromatic carbocycles. The van der Waals surface area contributed by atoms with Crippen molar-refractivity contribution >= 4 is 10.9 Å². The Morgan fingerprint density at radius 3 is 2.62 bits per heavy atom. The predicted molar refractivity (Wildman–Crippen MR) is 111 cm³/mol. The summed E-state index contributed by atoms with van der Waals surface area (Å²) in [5.74, 6) is 0.225. The van der Waals surface area contributed by atoms with Gasteiger partial charge in [0.15, 0.2) is 5.82 Å². The van der Waals surface area contributed by atoms with Gasteiger partial charge in [-0.2, -0.15) is 18.3 Å². The Labute approximate surface area is 180 Å². The number of halogens is 3. The molecule has 1 atom stereocenters. The van der Waals surface area contributed by atoms with Gasteiger partial charge in [0.25, 0.3) is 0 Å². The molecule has 32 heavy (non-hydrogen) atoms. The SMILES string of the molecule is NC(c1cncc(-c2ccc3cnn(-c4cccc(C(F)(F)F)n4)c3c2)n1)C1CC(O)C1. The molecular weight excluding hydrogens is 421 g/mol. The van der Waals surface area contributed by atoms with E-state index in [-0.39, 0.29) is 23.9 Å². The maximum Gasteiger partial charge on any atom is 0.433 e. The van der Waals surface area contributed by atoms with Crippen molar-refractivity contribution in [2.24, 2.45) is 11.7 Å². The molecule has 0 aliphatic heterocycles. The van der Waals surface area contributed by atoms with Crippen molar-refractivity contribution in [2.75, 3.05) is 0 Å². The van der Waals surface area contributed by atoms with Crippen LogP contribution in [0.1, 0.15) is 30.3 Å². The number of aliphatic hydroxyl groups is 1. The number of fused-ring (bicyclic) bond motifs is 1. The smallest absolute Gasteiger partial charge is 0.393 e. The molecule has 1 fully saturated rings. The van der Waals surface area contributed by atoms with Gasteiger partial charge in [0.2, 0.25) is 0 Å². The number of benzene rings is 1. The van der Waals surface area contributed by atoms with E-state index in [2.05, 4.69) is 20.1 Å². The standard InChI is InChI=1S/C22H19F3N6O/c23-22(24,25)19-2-1-3-20(30-19)31-18-8-12(4-5-13(18)9-28-31)16-10-27-11-17(29-16)21(26)14-6-15(32)7-14/h1-5,8-11,14-15,21,32H,6-7,26H2. The Balaban J connectivity index is 1.52. The van der Waals surface area contributed by atoms with E-state index >= 15 is 0 Å². The van der Waals surface area contributed by atoms with Gasteiger partial charge >= 0.3 is 6.18 Å². The summed E-state index contributed by atoms with van der Waals surface area (Å²) in [5.41, 5.74) is 7.86. The normalized spacial score (nSPS) is 19.7. The molecule has 4 aromatic rings. The molecule has 3 aromatic heterocycles. The number of hydrogen-bond donors (Lipinski definition) is 2. The zero-order chi connectivity index (χ0) is 22.5. The monoisotopic (exact) mass is 440 g/mol. The summed E-state index contributed by atoms with van der Waals surface area (Å²) in [6.45, 7) is 0. The number of alkyl halides is 3. The predicted octanol–water partition coefficient (Wildman–Crippen LogP) is 3.67. The minimum absolute atomic E-state index is 0.0670. The first kappa shape index (κ1) is 20.5. The third-order valence-corrected chi connectivity index (χ3v) is 5.76. The Kier molecular flexibility index (Phi) is 4.90. The lowest BCUT2D eigenvalue weighted by Gasteiger charge is -2.35. The van der Waals surface area contributed by atoms with Gasteiger partial charge < -0.3 is 10.8 Å². The van der Waals surface area contributed by atoms with E-state index < -0.39 is 11.9 Å². The Hall–Kier alpha value is -3.37. The minimum Gasteiger partial charge on any atom is -0.393 e. The molecule has 164 valence electrons. The van der Waals surface area contributed by atoms with Crippen molar-refractivity contribution in [1.29, 1.82) is 0 Å². The molecule has 0 saturated heterocycles. The van der Waals surface area contributed by atoms with Crippen molar-refractivity contribution in [1.82, 2.24) is 24.7 Å². The maximum atomic E-state index is 13.1. The zero-order valence-electron chi connectivity index (χ0n) is 16.7. The highest BCUT2D eigenvalue weighted by Gasteiger charge is 2.34. The summed E-state index contributed by atoms with van der Waals surface area (Å²) in [6, 6.07) is 8.83. The van der Waals surface area contributed by atoms with Crippen LogP contribution >= 0.6 is 0 Å². The van der Waals surface area contributed by atoms with Crippen molar-refractivity contribution < 1.29 is 18.3 Å². The van der Waals surface area contributed by atoms with Crippen LogP contribution in [0.3, 0.4) is 0 Å². The van der Waals surface area contributed by atoms with Gasteiger partial charge in [0, 0.05) is 10.9 Å². The van der Waals surface area contributed by atoms with Crippen LogP contribution < -0.4 is 5.73 Å². The summed E-state index contributed by atoms with van der Waals surface area (Å²) in [5, 5.41) is 14.5. The minimum atomic E-state index is -4.55. The van der Waals surface area contributed by atoms with Crippen LogP contribution in [0.4, 0.5) is 13.2 Å². The summed E-state index contributed by atoms with van der Waals surface area (Å²) < 4.78 is 40.6. The molecule has 0 radical (unpaired) electrons. The largest absolute Gasteiger partial charge is 0.433 e. The van der Waals surface area contributed by atoms with E-state index in [4.69, 9.17) is 5.73 Å². The van der Waals surface area contributed by atoms with Crippen molar-refractivity contribution in [3.05, 3.63) is 66.4 Å². The molecule has 7 nitrogen and oxygen atoms in total. The van der Waals surface area contributed by atoms with Crippen molar-refractivity contribution in [3.8, 4) is 17.1 Å². The van der Waals surface area contributed by atoms with Gasteiger partial charge in [-0.15, -0.1) is 0 Å². The number of pyridine rings is 1. The third-order valence-electron chi connectivity index (χ3n) is 5.76. The first-order valence-corrected chi connectivity index (χ1v) is 10.1. The number of rotatable bonds is 4. The van der Waals surface area contributed by atoms with Crippen LogP contribution in [-0.2, 0) is 6.18 Å². The van der Waals surface area contributed by atoms with E-state index in [1.807, 2.05) is 12.1 Å². The molecule has 1 unspecified atom stereocenters. The summed E-state index contributed by atoms with van der Waals surface area (Å²) in [6.07, 6.45) is 1.22. The lowest BCUT2D eigenvalue weighted by atomic mass is 9.76. The second-order valence-electron chi connectivity index (χ2n) is 7.95. The number of aliphatic hydroxyl groups excluding tert-OH is 1. The molecule has 0 amide bonds. The molecule has 3 heterocycles. The van der Waals surface area contributed by atoms with E-state index in [1.165, 1.54) is 16.8 Å². The van der Waals surface area contributed by atoms with E-state index in [9.17, 15) is 18.3 Å². The van der Waals surface area contributed by atoms with Gasteiger partial charge in [0.1, 0.15) is 5.69 Å². The molecule has 1 aliphatic carbocycles. The lowest BCUT2D eigenvalue weighted by molar-refractivity contribution is -0.141. The van der Waals surface area contributed by atoms with Crippen LogP contribution in [0.25, 0.3) is 28.0 Å². The fourth-order valence-corrected chi connectivity index (χ4v) is 3.90. The van der Waals surface area contributed by atoms with E-state index in [0.717, 1.165) is 17.0 Å². The van der Waals surface area contributed by atoms with Crippen molar-refractivity contribution in [2.45, 2.75) is 31.2 Å². The first-order valence-electron chi connectivity index (χ1n) is 10.1. The van der Waals surface area contributed by atoms with E-state index in [1.54, 1.807) is 24.7 Å². The zero-order valence-corrected chi connectivity index (χ0v) is 16.7. The van der Waals surface area contributed by atoms with Crippen LogP contribution in [-0.4, -0.2) is 35.9 Å². The fraction of sp³-hybridized carbons (Fsp3) is 0.273. The third kappa shape index (κ3) is 3.71. The van der Waals surface area contributed by atoms with Crippen LogP contribution in [0.15, 0.2) is 55.0 Å². The fourth-order valence-electron chi connectivity index (χ4n) is 3.90. The maximum absolute atomic E-state index is 13.1. The summed E-state index contributed by atoms with van der Waals surface area (Å²) in [7, 11) is 0. The van der Waals surface area contributed by atoms with Gasteiger partial charge in [-0.1, -0.05) is 18.2 Å². The van der Waals surface area contributed by atoms with Crippen LogP contribution in [0.5, 0.6) is 0 Å². The molecule has 0 bridgehead atoms. The number of hydrogen-bond acceptors (Lipinski definition) is 6. The second-order valence-corrected chi connectivity index (χ2v) is 7.95. The molecule has 3 N–H and O–H groups in total. The average molecular weight is 440 g/mol. The molecule has 0 spiro atoms. The highest BCUT2D eigenvalue weighted by Crippen LogP contribution is 2.36. The molecular formula is C22H19F3N6O. The van der Waals surface area contributed by atoms with Crippen molar-refractivity contribution in [3.63, 3.8) is 0 Å². The number of nitrogens with two attached hydrogens (primary N) is 1. The highest BCUT2D eigenvalue weighted by atomic mass is 19.4. The van der Waals surface area contributed by atoms with Gasteiger partial charge in [-0.25, -0.2) is 14.6 Å². The Bertz CT molecular complexity index is 1280. The Morgan fingerprint density at radius 1 is 1.06 bits per heavy atom. The van der Waals surface area contributed by atoms with Gasteiger partial charge in [0.05, 0.1) is 47.6 Å². The molecule has 1 saturated carbocycles. The van der Waals surface area contributed by atoms with Crippen LogP contribution in [0, 0.1) is 5.92 Å². The first-order chi connectivity index (χ1) is 15.3. The molecule has 5 rings (SSSR count). The summed E-state index contributed by atoms with van der Waals surface area (Å²) >= 11 is 0. The number of nitrogens with zero attached hydrogens (tertiary/aromatic N) is 5. The van der Waals surface area contributed by atoms with Crippen LogP contribution in [0.2, 0.25) is 0 Å². The second kappa shape index (κ2) is 7.64. The Morgan fingerprint density at radius 2 is 1.88 bits per heavy atom.